The lowest BCUT2D eigenvalue weighted by atomic mass is 10.0. The second-order valence-electron chi connectivity index (χ2n) is 4.69. The van der Waals surface area contributed by atoms with E-state index in [1.165, 1.54) is 34.6 Å². The first-order valence-electron chi connectivity index (χ1n) is 6.11. The van der Waals surface area contributed by atoms with E-state index in [2.05, 4.69) is 19.2 Å². The number of carbonyl (C=O) groups excluding carboxylic acids is 1. The summed E-state index contributed by atoms with van der Waals surface area (Å²) in [7, 11) is 3.98. The van der Waals surface area contributed by atoms with Gasteiger partial charge in [-0.05, 0) is 17.8 Å². The lowest BCUT2D eigenvalue weighted by molar-refractivity contribution is 0.101. The van der Waals surface area contributed by atoms with Crippen LogP contribution in [0, 0.1) is 6.92 Å². The van der Waals surface area contributed by atoms with Crippen LogP contribution >= 0.6 is 18.5 Å². The molecule has 0 bridgehead atoms. The van der Waals surface area contributed by atoms with Crippen molar-refractivity contribution in [2.24, 2.45) is 0 Å². The average Bonchev–Trinajstić information content (AvgIpc) is 2.40. The minimum Gasteiger partial charge on any atom is -0.293 e. The molecule has 0 radical (unpaired) electrons. The number of aromatic nitrogens is 2. The maximum absolute atomic E-state index is 13.8. The van der Waals surface area contributed by atoms with E-state index in [-0.39, 0.29) is 28.3 Å². The fraction of sp³-hybridized carbons (Fsp3) is 0.214. The first-order chi connectivity index (χ1) is 9.71. The van der Waals surface area contributed by atoms with E-state index in [1.54, 1.807) is 6.07 Å². The molecule has 2 rings (SSSR count). The molecule has 0 saturated heterocycles. The van der Waals surface area contributed by atoms with Crippen molar-refractivity contribution in [1.82, 2.24) is 9.97 Å². The van der Waals surface area contributed by atoms with Gasteiger partial charge in [0.15, 0.2) is 5.78 Å². The summed E-state index contributed by atoms with van der Waals surface area (Å²) in [5, 5.41) is 0.615. The number of benzene rings is 1. The highest BCUT2D eigenvalue weighted by atomic mass is 31.0. The first-order valence-corrected chi connectivity index (χ1v) is 7.27. The Balaban J connectivity index is 2.76. The highest BCUT2D eigenvalue weighted by Crippen LogP contribution is 2.40. The van der Waals surface area contributed by atoms with Crippen LogP contribution in [-0.4, -0.2) is 15.8 Å². The summed E-state index contributed by atoms with van der Waals surface area (Å²) < 4.78 is 27.6. The van der Waals surface area contributed by atoms with E-state index >= 15 is 0 Å². The van der Waals surface area contributed by atoms with Gasteiger partial charge in [-0.15, -0.1) is 9.24 Å². The number of hydrogen-bond acceptors (Lipinski definition) is 3. The normalized spacial score (nSPS) is 11.5. The molecule has 3 nitrogen and oxygen atoms in total. The minimum atomic E-state index is -3.09. The summed E-state index contributed by atoms with van der Waals surface area (Å²) in [6, 6.07) is 2.99. The largest absolute Gasteiger partial charge is 0.293 e. The quantitative estimate of drug-likeness (QED) is 0.643. The Hall–Kier alpha value is -1.31. The number of halogens is 2. The zero-order valence-corrected chi connectivity index (χ0v) is 13.8. The van der Waals surface area contributed by atoms with Crippen LogP contribution in [-0.2, 0) is 5.66 Å². The number of hydrogen-bond donors (Lipinski definition) is 0. The van der Waals surface area contributed by atoms with Gasteiger partial charge in [0.05, 0.1) is 18.1 Å². The van der Waals surface area contributed by atoms with Gasteiger partial charge in [-0.3, -0.25) is 9.78 Å². The summed E-state index contributed by atoms with van der Waals surface area (Å²) in [6.45, 7) is 3.18. The van der Waals surface area contributed by atoms with E-state index in [9.17, 15) is 13.6 Å². The van der Waals surface area contributed by atoms with Gasteiger partial charge >= 0.3 is 0 Å². The SMILES string of the molecule is CC(=O)c1cncc(-c2c(C(F)(F)P)ccc(C)c2P)n1. The molecule has 2 aromatic rings. The molecule has 1 aromatic heterocycles. The molecule has 0 amide bonds. The van der Waals surface area contributed by atoms with Crippen molar-refractivity contribution >= 4 is 29.6 Å². The van der Waals surface area contributed by atoms with Gasteiger partial charge in [0.2, 0.25) is 0 Å². The van der Waals surface area contributed by atoms with Crippen molar-refractivity contribution in [2.45, 2.75) is 19.5 Å². The molecule has 1 aromatic carbocycles. The minimum absolute atomic E-state index is 0.149. The lowest BCUT2D eigenvalue weighted by Gasteiger charge is -2.19. The zero-order chi connectivity index (χ0) is 15.8. The number of carbonyl (C=O) groups is 1. The molecule has 0 fully saturated rings. The number of aryl methyl sites for hydroxylation is 1. The molecule has 0 aliphatic carbocycles. The molecule has 0 N–H and O–H groups in total. The lowest BCUT2D eigenvalue weighted by Crippen LogP contribution is -2.14. The number of nitrogens with zero attached hydrogens (tertiary/aromatic N) is 2. The molecule has 0 aliphatic rings. The van der Waals surface area contributed by atoms with Gasteiger partial charge in [0.1, 0.15) is 5.69 Å². The predicted octanol–water partition coefficient (Wildman–Crippen LogP) is 3.08. The fourth-order valence-electron chi connectivity index (χ4n) is 1.93. The summed E-state index contributed by atoms with van der Waals surface area (Å²) in [4.78, 5) is 19.5. The van der Waals surface area contributed by atoms with E-state index in [0.717, 1.165) is 5.56 Å². The van der Waals surface area contributed by atoms with Crippen LogP contribution < -0.4 is 5.30 Å². The fourth-order valence-corrected chi connectivity index (χ4v) is 2.57. The van der Waals surface area contributed by atoms with Gasteiger partial charge in [0.25, 0.3) is 5.66 Å². The number of rotatable bonds is 3. The van der Waals surface area contributed by atoms with Crippen molar-refractivity contribution < 1.29 is 13.6 Å². The molecule has 2 unspecified atom stereocenters. The van der Waals surface area contributed by atoms with Crippen LogP contribution in [0.2, 0.25) is 0 Å². The van der Waals surface area contributed by atoms with Gasteiger partial charge < -0.3 is 0 Å². The van der Waals surface area contributed by atoms with E-state index in [0.29, 0.717) is 5.30 Å². The van der Waals surface area contributed by atoms with Gasteiger partial charge in [-0.25, -0.2) is 4.98 Å². The molecule has 1 heterocycles. The van der Waals surface area contributed by atoms with Gasteiger partial charge in [0, 0.05) is 18.1 Å². The van der Waals surface area contributed by atoms with Crippen molar-refractivity contribution in [1.29, 1.82) is 0 Å². The maximum atomic E-state index is 13.8. The summed E-state index contributed by atoms with van der Waals surface area (Å²) in [5.41, 5.74) is -1.73. The molecule has 7 heteroatoms. The Morgan fingerprint density at radius 2 is 1.95 bits per heavy atom. The molecule has 110 valence electrons. The standard InChI is InChI=1S/C14H14F2N2OP2/c1-7-3-4-9(14(15,16)21)12(13(7)20)11-6-17-5-10(18-11)8(2)19/h3-6H,20-21H2,1-2H3. The maximum Gasteiger partial charge on any atom is 0.284 e. The zero-order valence-electron chi connectivity index (χ0n) is 11.5. The summed E-state index contributed by atoms with van der Waals surface area (Å²) in [5.74, 6) is -0.263. The van der Waals surface area contributed by atoms with Crippen LogP contribution in [0.5, 0.6) is 0 Å². The molecule has 21 heavy (non-hydrogen) atoms. The Bertz CT molecular complexity index is 715. The second kappa shape index (κ2) is 5.82. The van der Waals surface area contributed by atoms with Crippen molar-refractivity contribution in [3.63, 3.8) is 0 Å². The molecular formula is C14H14F2N2OP2. The molecular weight excluding hydrogens is 312 g/mol. The topological polar surface area (TPSA) is 42.9 Å². The second-order valence-corrected chi connectivity index (χ2v) is 5.99. The Morgan fingerprint density at radius 1 is 1.29 bits per heavy atom. The highest BCUT2D eigenvalue weighted by Gasteiger charge is 2.30. The smallest absolute Gasteiger partial charge is 0.284 e. The Labute approximate surface area is 126 Å². The number of alkyl halides is 2. The van der Waals surface area contributed by atoms with Gasteiger partial charge in [-0.1, -0.05) is 21.4 Å². The number of ketones is 1. The van der Waals surface area contributed by atoms with E-state index in [1.807, 2.05) is 6.92 Å². The molecule has 0 aliphatic heterocycles. The van der Waals surface area contributed by atoms with Crippen molar-refractivity contribution in [3.8, 4) is 11.3 Å². The van der Waals surface area contributed by atoms with Crippen LogP contribution in [0.4, 0.5) is 8.78 Å². The molecule has 2 atom stereocenters. The molecule has 0 spiro atoms. The third-order valence-electron chi connectivity index (χ3n) is 3.07. The van der Waals surface area contributed by atoms with Crippen molar-refractivity contribution in [3.05, 3.63) is 41.3 Å². The van der Waals surface area contributed by atoms with Crippen LogP contribution in [0.1, 0.15) is 28.5 Å². The van der Waals surface area contributed by atoms with E-state index < -0.39 is 5.66 Å². The average molecular weight is 326 g/mol. The molecule has 0 saturated carbocycles. The number of Topliss-reactive ketones (excluding diaryl/α,β-unsaturated/α-hetero) is 1. The Kier molecular flexibility index (Phi) is 4.46. The highest BCUT2D eigenvalue weighted by molar-refractivity contribution is 7.28. The first kappa shape index (κ1) is 16.1. The third kappa shape index (κ3) is 3.30. The third-order valence-corrected chi connectivity index (χ3v) is 4.13. The summed E-state index contributed by atoms with van der Waals surface area (Å²) >= 11 is 0. The predicted molar refractivity (Wildman–Crippen MR) is 85.2 cm³/mol. The van der Waals surface area contributed by atoms with Crippen LogP contribution in [0.3, 0.4) is 0 Å². The van der Waals surface area contributed by atoms with Gasteiger partial charge in [-0.2, -0.15) is 8.78 Å². The van der Waals surface area contributed by atoms with Crippen LogP contribution in [0.15, 0.2) is 24.5 Å². The van der Waals surface area contributed by atoms with E-state index in [4.69, 9.17) is 0 Å². The van der Waals surface area contributed by atoms with Crippen molar-refractivity contribution in [2.75, 3.05) is 0 Å². The monoisotopic (exact) mass is 326 g/mol. The Morgan fingerprint density at radius 3 is 2.52 bits per heavy atom. The van der Waals surface area contributed by atoms with Crippen LogP contribution in [0.25, 0.3) is 11.3 Å². The summed E-state index contributed by atoms with van der Waals surface area (Å²) in [6.07, 6.45) is 2.71.